The number of halogens is 1. The van der Waals surface area contributed by atoms with E-state index in [1.807, 2.05) is 20.8 Å². The molecule has 3 heterocycles. The fourth-order valence-electron chi connectivity index (χ4n) is 3.52. The third-order valence-electron chi connectivity index (χ3n) is 4.98. The van der Waals surface area contributed by atoms with E-state index >= 15 is 0 Å². The van der Waals surface area contributed by atoms with Crippen molar-refractivity contribution < 1.29 is 9.53 Å². The minimum atomic E-state index is -0.490. The predicted octanol–water partition coefficient (Wildman–Crippen LogP) is 3.14. The number of carbonyl (C=O) groups excluding carboxylic acids is 1. The number of hydrogen-bond donors (Lipinski definition) is 1. The number of thiophene rings is 1. The van der Waals surface area contributed by atoms with Crippen molar-refractivity contribution in [1.82, 2.24) is 18.7 Å². The molecule has 4 aromatic rings. The van der Waals surface area contributed by atoms with E-state index in [4.69, 9.17) is 16.3 Å². The summed E-state index contributed by atoms with van der Waals surface area (Å²) in [5.41, 5.74) is 1.01. The maximum Gasteiger partial charge on any atom is 0.352 e. The normalized spacial score (nSPS) is 11.6. The SMILES string of the molecule is COc1cc(Cl)c(C)cc1NC(=O)Cn1nc2n(CC(C)C)c(=O)c3sccc3n2c1=O. The summed E-state index contributed by atoms with van der Waals surface area (Å²) < 4.78 is 9.70. The smallest absolute Gasteiger partial charge is 0.352 e. The number of aryl methyl sites for hydroxylation is 1. The van der Waals surface area contributed by atoms with Gasteiger partial charge in [-0.25, -0.2) is 13.9 Å². The van der Waals surface area contributed by atoms with Gasteiger partial charge in [-0.2, -0.15) is 0 Å². The molecular weight excluding hydrogens is 454 g/mol. The zero-order valence-corrected chi connectivity index (χ0v) is 19.6. The lowest BCUT2D eigenvalue weighted by molar-refractivity contribution is -0.117. The number of amides is 1. The van der Waals surface area contributed by atoms with Gasteiger partial charge in [-0.3, -0.25) is 14.2 Å². The average molecular weight is 476 g/mol. The van der Waals surface area contributed by atoms with E-state index < -0.39 is 11.6 Å². The summed E-state index contributed by atoms with van der Waals surface area (Å²) in [5.74, 6) is 0.322. The molecule has 9 nitrogen and oxygen atoms in total. The van der Waals surface area contributed by atoms with Crippen molar-refractivity contribution in [3.8, 4) is 5.75 Å². The Morgan fingerprint density at radius 3 is 2.75 bits per heavy atom. The summed E-state index contributed by atoms with van der Waals surface area (Å²) in [6, 6.07) is 5.02. The maximum atomic E-state index is 13.1. The van der Waals surface area contributed by atoms with Gasteiger partial charge < -0.3 is 10.1 Å². The van der Waals surface area contributed by atoms with E-state index in [1.165, 1.54) is 27.4 Å². The van der Waals surface area contributed by atoms with Crippen LogP contribution in [-0.4, -0.2) is 31.8 Å². The van der Waals surface area contributed by atoms with Crippen molar-refractivity contribution in [2.75, 3.05) is 12.4 Å². The lowest BCUT2D eigenvalue weighted by Crippen LogP contribution is -2.29. The molecular formula is C21H22ClN5O4S. The van der Waals surface area contributed by atoms with E-state index in [2.05, 4.69) is 10.4 Å². The summed E-state index contributed by atoms with van der Waals surface area (Å²) in [5, 5.41) is 9.35. The number of fused-ring (bicyclic) bond motifs is 3. The van der Waals surface area contributed by atoms with Crippen molar-refractivity contribution >= 4 is 50.5 Å². The Bertz CT molecular complexity index is 1460. The molecule has 1 N–H and O–H groups in total. The molecule has 1 amide bonds. The zero-order chi connectivity index (χ0) is 23.2. The van der Waals surface area contributed by atoms with Crippen molar-refractivity contribution in [3.05, 3.63) is 55.0 Å². The van der Waals surface area contributed by atoms with Crippen LogP contribution in [-0.2, 0) is 17.9 Å². The van der Waals surface area contributed by atoms with Crippen LogP contribution in [0, 0.1) is 12.8 Å². The van der Waals surface area contributed by atoms with Gasteiger partial charge in [0.25, 0.3) is 5.56 Å². The number of nitrogens with one attached hydrogen (secondary N) is 1. The monoisotopic (exact) mass is 475 g/mol. The predicted molar refractivity (Wildman–Crippen MR) is 125 cm³/mol. The summed E-state index contributed by atoms with van der Waals surface area (Å²) in [7, 11) is 1.48. The highest BCUT2D eigenvalue weighted by Gasteiger charge is 2.20. The Kier molecular flexibility index (Phi) is 5.83. The Hall–Kier alpha value is -3.11. The Balaban J connectivity index is 1.75. The van der Waals surface area contributed by atoms with Crippen molar-refractivity contribution in [1.29, 1.82) is 0 Å². The molecule has 0 saturated heterocycles. The van der Waals surface area contributed by atoms with Crippen LogP contribution in [0.1, 0.15) is 19.4 Å². The first-order valence-electron chi connectivity index (χ1n) is 9.94. The Labute approximate surface area is 191 Å². The van der Waals surface area contributed by atoms with Gasteiger partial charge in [-0.05, 0) is 35.9 Å². The second-order valence-corrected chi connectivity index (χ2v) is 9.19. The number of hydrogen-bond acceptors (Lipinski definition) is 6. The van der Waals surface area contributed by atoms with Crippen molar-refractivity contribution in [3.63, 3.8) is 0 Å². The molecule has 0 aliphatic heterocycles. The summed E-state index contributed by atoms with van der Waals surface area (Å²) in [6.45, 7) is 5.84. The number of rotatable bonds is 6. The lowest BCUT2D eigenvalue weighted by Gasteiger charge is -2.12. The average Bonchev–Trinajstić information content (AvgIpc) is 3.33. The first kappa shape index (κ1) is 22.1. The number of methoxy groups -OCH3 is 1. The van der Waals surface area contributed by atoms with Crippen molar-refractivity contribution in [2.24, 2.45) is 5.92 Å². The number of aromatic nitrogens is 4. The van der Waals surface area contributed by atoms with E-state index in [0.29, 0.717) is 33.2 Å². The molecule has 0 saturated carbocycles. The van der Waals surface area contributed by atoms with Crippen LogP contribution >= 0.6 is 22.9 Å². The fraction of sp³-hybridized carbons (Fsp3) is 0.333. The third kappa shape index (κ3) is 3.80. The van der Waals surface area contributed by atoms with Crippen LogP contribution in [0.25, 0.3) is 16.0 Å². The second kappa shape index (κ2) is 8.44. The quantitative estimate of drug-likeness (QED) is 0.462. The van der Waals surface area contributed by atoms with Gasteiger partial charge in [0.05, 0.1) is 18.3 Å². The Morgan fingerprint density at radius 2 is 2.06 bits per heavy atom. The van der Waals surface area contributed by atoms with Gasteiger partial charge in [-0.15, -0.1) is 16.4 Å². The van der Waals surface area contributed by atoms with Crippen molar-refractivity contribution in [2.45, 2.75) is 33.9 Å². The summed E-state index contributed by atoms with van der Waals surface area (Å²) in [6.07, 6.45) is 0. The first-order valence-corrected chi connectivity index (χ1v) is 11.2. The van der Waals surface area contributed by atoms with Crippen LogP contribution < -0.4 is 21.3 Å². The molecule has 0 radical (unpaired) electrons. The highest BCUT2D eigenvalue weighted by molar-refractivity contribution is 7.17. The molecule has 0 atom stereocenters. The first-order chi connectivity index (χ1) is 15.2. The number of nitrogens with zero attached hydrogens (tertiary/aromatic N) is 4. The minimum absolute atomic E-state index is 0.165. The molecule has 0 spiro atoms. The largest absolute Gasteiger partial charge is 0.495 e. The molecule has 168 valence electrons. The third-order valence-corrected chi connectivity index (χ3v) is 6.28. The summed E-state index contributed by atoms with van der Waals surface area (Å²) in [4.78, 5) is 38.8. The lowest BCUT2D eigenvalue weighted by atomic mass is 10.2. The maximum absolute atomic E-state index is 13.1. The van der Waals surface area contributed by atoms with Gasteiger partial charge in [0.15, 0.2) is 0 Å². The van der Waals surface area contributed by atoms with Gasteiger partial charge in [0.2, 0.25) is 11.7 Å². The number of ether oxygens (including phenoxy) is 1. The number of benzene rings is 1. The van der Waals surface area contributed by atoms with Gasteiger partial charge >= 0.3 is 5.69 Å². The molecule has 0 fully saturated rings. The van der Waals surface area contributed by atoms with Gasteiger partial charge in [0, 0.05) is 17.6 Å². The van der Waals surface area contributed by atoms with Crippen LogP contribution in [0.4, 0.5) is 5.69 Å². The van der Waals surface area contributed by atoms with Crippen LogP contribution in [0.2, 0.25) is 5.02 Å². The van der Waals surface area contributed by atoms with E-state index in [1.54, 1.807) is 23.6 Å². The zero-order valence-electron chi connectivity index (χ0n) is 18.0. The molecule has 32 heavy (non-hydrogen) atoms. The Morgan fingerprint density at radius 1 is 1.31 bits per heavy atom. The van der Waals surface area contributed by atoms with Crippen LogP contribution in [0.5, 0.6) is 5.75 Å². The number of carbonyl (C=O) groups is 1. The molecule has 0 aliphatic carbocycles. The molecule has 0 unspecified atom stereocenters. The van der Waals surface area contributed by atoms with E-state index in [9.17, 15) is 14.4 Å². The van der Waals surface area contributed by atoms with Crippen LogP contribution in [0.15, 0.2) is 33.2 Å². The highest BCUT2D eigenvalue weighted by Crippen LogP contribution is 2.30. The summed E-state index contributed by atoms with van der Waals surface area (Å²) >= 11 is 7.40. The van der Waals surface area contributed by atoms with E-state index in [0.717, 1.165) is 10.2 Å². The second-order valence-electron chi connectivity index (χ2n) is 7.87. The molecule has 4 rings (SSSR count). The van der Waals surface area contributed by atoms with Crippen LogP contribution in [0.3, 0.4) is 0 Å². The van der Waals surface area contributed by atoms with Gasteiger partial charge in [0.1, 0.15) is 17.0 Å². The molecule has 3 aromatic heterocycles. The van der Waals surface area contributed by atoms with E-state index in [-0.39, 0.29) is 23.8 Å². The number of anilines is 1. The topological polar surface area (TPSA) is 99.6 Å². The molecule has 11 heteroatoms. The molecule has 0 aliphatic rings. The fourth-order valence-corrected chi connectivity index (χ4v) is 4.50. The standard InChI is InChI=1S/C21H22ClN5O4S/c1-11(2)9-25-19(29)18-15(5-6-32-18)27-20(25)24-26(21(27)30)10-17(28)23-14-7-12(3)13(22)8-16(14)31-4/h5-8,11H,9-10H2,1-4H3,(H,23,28). The molecule has 1 aromatic carbocycles. The minimum Gasteiger partial charge on any atom is -0.495 e. The van der Waals surface area contributed by atoms with Gasteiger partial charge in [-0.1, -0.05) is 25.4 Å². The highest BCUT2D eigenvalue weighted by atomic mass is 35.5. The molecule has 0 bridgehead atoms.